The molecule has 1 N–H and O–H groups in total. The fraction of sp³-hybridized carbons (Fsp3) is 0.0667. The van der Waals surface area contributed by atoms with Crippen LogP contribution in [0.5, 0.6) is 5.75 Å². The van der Waals surface area contributed by atoms with E-state index in [4.69, 9.17) is 44.8 Å². The van der Waals surface area contributed by atoms with E-state index in [1.54, 1.807) is 6.07 Å². The van der Waals surface area contributed by atoms with E-state index in [-0.39, 0.29) is 37.8 Å². The first-order valence-electron chi connectivity index (χ1n) is 6.57. The molecule has 25 heavy (non-hydrogen) atoms. The van der Waals surface area contributed by atoms with Crippen molar-refractivity contribution in [2.75, 3.05) is 11.9 Å². The maximum atomic E-state index is 12.0. The van der Waals surface area contributed by atoms with Gasteiger partial charge in [0.05, 0.1) is 31.2 Å². The van der Waals surface area contributed by atoms with Crippen LogP contribution in [0.4, 0.5) is 11.4 Å². The van der Waals surface area contributed by atoms with Crippen molar-refractivity contribution < 1.29 is 14.5 Å². The van der Waals surface area contributed by atoms with Crippen molar-refractivity contribution >= 4 is 52.1 Å². The summed E-state index contributed by atoms with van der Waals surface area (Å²) in [5.74, 6) is -0.428. The monoisotopic (exact) mass is 399 g/mol. The summed E-state index contributed by atoms with van der Waals surface area (Å²) in [6.45, 7) is -0.417. The van der Waals surface area contributed by atoms with Gasteiger partial charge in [0, 0.05) is 18.2 Å². The van der Waals surface area contributed by atoms with Crippen molar-refractivity contribution in [2.45, 2.75) is 0 Å². The number of nitrogens with one attached hydrogen (secondary N) is 1. The summed E-state index contributed by atoms with van der Waals surface area (Å²) >= 11 is 17.6. The molecule has 0 bridgehead atoms. The standard InChI is InChI=1S/C15H8Cl3N3O4/c16-10-4-12(18)14(5-11(10)17)25-7-15(22)20-13-2-1-9(21(23)24)3-8(13)6-19/h1-5H,7H2,(H,20,22). The Labute approximate surface area is 156 Å². The molecule has 0 heterocycles. The molecule has 0 aromatic heterocycles. The quantitative estimate of drug-likeness (QED) is 0.453. The predicted octanol–water partition coefficient (Wildman–Crippen LogP) is 4.44. The molecule has 128 valence electrons. The van der Waals surface area contributed by atoms with E-state index in [9.17, 15) is 14.9 Å². The Balaban J connectivity index is 2.07. The van der Waals surface area contributed by atoms with E-state index in [0.29, 0.717) is 0 Å². The second-order valence-corrected chi connectivity index (χ2v) is 5.85. The Morgan fingerprint density at radius 2 is 1.88 bits per heavy atom. The molecule has 0 radical (unpaired) electrons. The van der Waals surface area contributed by atoms with Crippen LogP contribution in [0.15, 0.2) is 30.3 Å². The minimum Gasteiger partial charge on any atom is -0.482 e. The molecule has 0 saturated heterocycles. The number of nitro benzene ring substituents is 1. The average molecular weight is 401 g/mol. The second kappa shape index (κ2) is 8.03. The minimum absolute atomic E-state index is 0.0462. The zero-order valence-electron chi connectivity index (χ0n) is 12.3. The van der Waals surface area contributed by atoms with Crippen molar-refractivity contribution in [1.82, 2.24) is 0 Å². The van der Waals surface area contributed by atoms with E-state index >= 15 is 0 Å². The van der Waals surface area contributed by atoms with Crippen molar-refractivity contribution in [1.29, 1.82) is 5.26 Å². The topological polar surface area (TPSA) is 105 Å². The summed E-state index contributed by atoms with van der Waals surface area (Å²) in [6.07, 6.45) is 0. The summed E-state index contributed by atoms with van der Waals surface area (Å²) in [7, 11) is 0. The zero-order chi connectivity index (χ0) is 18.6. The number of hydrogen-bond donors (Lipinski definition) is 1. The van der Waals surface area contributed by atoms with E-state index in [1.807, 2.05) is 0 Å². The van der Waals surface area contributed by atoms with Crippen LogP contribution in [0, 0.1) is 21.4 Å². The molecule has 7 nitrogen and oxygen atoms in total. The van der Waals surface area contributed by atoms with Gasteiger partial charge in [-0.05, 0) is 12.1 Å². The number of ether oxygens (including phenoxy) is 1. The number of nitriles is 1. The fourth-order valence-corrected chi connectivity index (χ4v) is 2.38. The van der Waals surface area contributed by atoms with Gasteiger partial charge in [-0.3, -0.25) is 14.9 Å². The first kappa shape index (κ1) is 18.8. The van der Waals surface area contributed by atoms with Gasteiger partial charge in [0.15, 0.2) is 6.61 Å². The molecule has 0 aliphatic heterocycles. The lowest BCUT2D eigenvalue weighted by Gasteiger charge is -2.10. The SMILES string of the molecule is N#Cc1cc([N+](=O)[O-])ccc1NC(=O)COc1cc(Cl)c(Cl)cc1Cl. The largest absolute Gasteiger partial charge is 0.482 e. The molecule has 0 atom stereocenters. The Bertz CT molecular complexity index is 896. The number of amides is 1. The van der Waals surface area contributed by atoms with Gasteiger partial charge in [0.2, 0.25) is 0 Å². The molecule has 0 fully saturated rings. The number of carbonyl (C=O) groups is 1. The maximum Gasteiger partial charge on any atom is 0.270 e. The second-order valence-electron chi connectivity index (χ2n) is 4.63. The van der Waals surface area contributed by atoms with E-state index in [1.165, 1.54) is 24.3 Å². The van der Waals surface area contributed by atoms with E-state index in [2.05, 4.69) is 5.32 Å². The summed E-state index contributed by atoms with van der Waals surface area (Å²) in [4.78, 5) is 22.0. The number of nitrogens with zero attached hydrogens (tertiary/aromatic N) is 2. The maximum absolute atomic E-state index is 12.0. The molecule has 2 aromatic carbocycles. The number of benzene rings is 2. The van der Waals surface area contributed by atoms with Crippen molar-refractivity contribution in [3.63, 3.8) is 0 Å². The van der Waals surface area contributed by atoms with Crippen molar-refractivity contribution in [3.05, 3.63) is 61.1 Å². The summed E-state index contributed by atoms with van der Waals surface area (Å²) < 4.78 is 5.26. The van der Waals surface area contributed by atoms with Gasteiger partial charge in [-0.1, -0.05) is 34.8 Å². The van der Waals surface area contributed by atoms with Crippen LogP contribution in [-0.4, -0.2) is 17.4 Å². The molecule has 0 aliphatic rings. The Morgan fingerprint density at radius 1 is 1.20 bits per heavy atom. The van der Waals surface area contributed by atoms with Crippen LogP contribution in [0.3, 0.4) is 0 Å². The zero-order valence-corrected chi connectivity index (χ0v) is 14.5. The van der Waals surface area contributed by atoms with Gasteiger partial charge in [-0.25, -0.2) is 0 Å². The third-order valence-electron chi connectivity index (χ3n) is 2.94. The Kier molecular flexibility index (Phi) is 6.04. The first-order chi connectivity index (χ1) is 11.8. The highest BCUT2D eigenvalue weighted by molar-refractivity contribution is 6.43. The van der Waals surface area contributed by atoms with E-state index in [0.717, 1.165) is 6.07 Å². The lowest BCUT2D eigenvalue weighted by Crippen LogP contribution is -2.20. The lowest BCUT2D eigenvalue weighted by molar-refractivity contribution is -0.384. The molecular formula is C15H8Cl3N3O4. The highest BCUT2D eigenvalue weighted by Gasteiger charge is 2.14. The Morgan fingerprint density at radius 3 is 2.52 bits per heavy atom. The number of nitro groups is 1. The molecule has 0 unspecified atom stereocenters. The van der Waals surface area contributed by atoms with Gasteiger partial charge >= 0.3 is 0 Å². The van der Waals surface area contributed by atoms with Crippen LogP contribution in [-0.2, 0) is 4.79 Å². The number of hydrogen-bond acceptors (Lipinski definition) is 5. The number of non-ortho nitro benzene ring substituents is 1. The molecule has 2 rings (SSSR count). The molecule has 2 aromatic rings. The average Bonchev–Trinajstić information content (AvgIpc) is 2.57. The molecule has 10 heteroatoms. The molecular weight excluding hydrogens is 393 g/mol. The molecule has 0 aliphatic carbocycles. The highest BCUT2D eigenvalue weighted by atomic mass is 35.5. The summed E-state index contributed by atoms with van der Waals surface area (Å²) in [5.41, 5.74) is -0.176. The highest BCUT2D eigenvalue weighted by Crippen LogP contribution is 2.33. The van der Waals surface area contributed by atoms with Gasteiger partial charge < -0.3 is 10.1 Å². The first-order valence-corrected chi connectivity index (χ1v) is 7.71. The third kappa shape index (κ3) is 4.73. The van der Waals surface area contributed by atoms with Gasteiger partial charge in [0.1, 0.15) is 11.8 Å². The van der Waals surface area contributed by atoms with Crippen LogP contribution in [0.25, 0.3) is 0 Å². The number of rotatable bonds is 5. The molecule has 1 amide bonds. The van der Waals surface area contributed by atoms with Crippen LogP contribution >= 0.6 is 34.8 Å². The van der Waals surface area contributed by atoms with Crippen molar-refractivity contribution in [2.24, 2.45) is 0 Å². The Hall–Kier alpha value is -2.53. The smallest absolute Gasteiger partial charge is 0.270 e. The molecule has 0 saturated carbocycles. The van der Waals surface area contributed by atoms with Gasteiger partial charge in [-0.2, -0.15) is 5.26 Å². The number of anilines is 1. The summed E-state index contributed by atoms with van der Waals surface area (Å²) in [5, 5.41) is 22.8. The normalized spacial score (nSPS) is 10.0. The van der Waals surface area contributed by atoms with E-state index < -0.39 is 17.4 Å². The third-order valence-corrected chi connectivity index (χ3v) is 3.96. The van der Waals surface area contributed by atoms with Crippen LogP contribution in [0.1, 0.15) is 5.56 Å². The van der Waals surface area contributed by atoms with Gasteiger partial charge in [-0.15, -0.1) is 0 Å². The number of carbonyl (C=O) groups excluding carboxylic acids is 1. The van der Waals surface area contributed by atoms with Crippen LogP contribution in [0.2, 0.25) is 15.1 Å². The van der Waals surface area contributed by atoms with Crippen LogP contribution < -0.4 is 10.1 Å². The number of halogens is 3. The van der Waals surface area contributed by atoms with Gasteiger partial charge in [0.25, 0.3) is 11.6 Å². The summed E-state index contributed by atoms with van der Waals surface area (Å²) in [6, 6.07) is 8.02. The predicted molar refractivity (Wildman–Crippen MR) is 93.4 cm³/mol. The minimum atomic E-state index is -0.637. The fourth-order valence-electron chi connectivity index (χ4n) is 1.79. The van der Waals surface area contributed by atoms with Crippen molar-refractivity contribution in [3.8, 4) is 11.8 Å². The molecule has 0 spiro atoms. The lowest BCUT2D eigenvalue weighted by atomic mass is 10.1.